The molecule has 2 rings (SSSR count). The van der Waals surface area contributed by atoms with E-state index >= 15 is 0 Å². The van der Waals surface area contributed by atoms with Crippen molar-refractivity contribution in [2.45, 2.75) is 44.9 Å². The van der Waals surface area contributed by atoms with E-state index in [4.69, 9.17) is 0 Å². The predicted octanol–water partition coefficient (Wildman–Crippen LogP) is 2.60. The quantitative estimate of drug-likeness (QED) is 0.646. The molecule has 1 saturated carbocycles. The molecular weight excluding hydrogens is 160 g/mol. The van der Waals surface area contributed by atoms with Crippen LogP contribution in [0.15, 0.2) is 6.20 Å². The van der Waals surface area contributed by atoms with Gasteiger partial charge < -0.3 is 0 Å². The summed E-state index contributed by atoms with van der Waals surface area (Å²) in [7, 11) is 2.05. The summed E-state index contributed by atoms with van der Waals surface area (Å²) in [5.41, 5.74) is 3.12. The molecule has 1 aliphatic rings. The van der Waals surface area contributed by atoms with E-state index in [1.54, 1.807) is 0 Å². The molecule has 0 N–H and O–H groups in total. The van der Waals surface area contributed by atoms with E-state index in [-0.39, 0.29) is 5.41 Å². The molecule has 0 radical (unpaired) electrons. The zero-order chi connectivity index (χ0) is 9.64. The van der Waals surface area contributed by atoms with E-state index < -0.39 is 0 Å². The average Bonchev–Trinajstić information content (AvgIpc) is 2.73. The van der Waals surface area contributed by atoms with Gasteiger partial charge >= 0.3 is 0 Å². The number of rotatable bonds is 1. The number of aryl methyl sites for hydroxylation is 1. The van der Waals surface area contributed by atoms with Gasteiger partial charge in [-0.2, -0.15) is 5.10 Å². The molecule has 72 valence electrons. The van der Waals surface area contributed by atoms with E-state index in [0.29, 0.717) is 0 Å². The highest BCUT2D eigenvalue weighted by Crippen LogP contribution is 2.44. The SMILES string of the molecule is Cn1ncc(C2CC2)c1C(C)(C)C. The third-order valence-corrected chi connectivity index (χ3v) is 2.69. The van der Waals surface area contributed by atoms with Crippen LogP contribution in [0.2, 0.25) is 0 Å². The van der Waals surface area contributed by atoms with Crippen LogP contribution in [0.25, 0.3) is 0 Å². The van der Waals surface area contributed by atoms with Crippen molar-refractivity contribution in [3.8, 4) is 0 Å². The van der Waals surface area contributed by atoms with Crippen LogP contribution in [0.4, 0.5) is 0 Å². The summed E-state index contributed by atoms with van der Waals surface area (Å²) in [6.07, 6.45) is 4.77. The summed E-state index contributed by atoms with van der Waals surface area (Å²) in [5.74, 6) is 0.808. The van der Waals surface area contributed by atoms with Crippen molar-refractivity contribution < 1.29 is 0 Å². The summed E-state index contributed by atoms with van der Waals surface area (Å²) in [6.45, 7) is 6.78. The Morgan fingerprint density at radius 2 is 2.00 bits per heavy atom. The van der Waals surface area contributed by atoms with Gasteiger partial charge in [0.25, 0.3) is 0 Å². The lowest BCUT2D eigenvalue weighted by Gasteiger charge is -2.21. The minimum absolute atomic E-state index is 0.225. The van der Waals surface area contributed by atoms with E-state index in [1.165, 1.54) is 24.1 Å². The largest absolute Gasteiger partial charge is 0.272 e. The number of hydrogen-bond acceptors (Lipinski definition) is 1. The molecule has 1 fully saturated rings. The maximum absolute atomic E-state index is 4.36. The zero-order valence-corrected chi connectivity index (χ0v) is 8.96. The molecule has 0 saturated heterocycles. The molecule has 0 bridgehead atoms. The first-order chi connectivity index (χ1) is 6.00. The Morgan fingerprint density at radius 3 is 2.46 bits per heavy atom. The molecule has 0 unspecified atom stereocenters. The topological polar surface area (TPSA) is 17.8 Å². The highest BCUT2D eigenvalue weighted by atomic mass is 15.3. The van der Waals surface area contributed by atoms with Gasteiger partial charge in [-0.25, -0.2) is 0 Å². The van der Waals surface area contributed by atoms with Gasteiger partial charge in [0, 0.05) is 18.2 Å². The normalized spacial score (nSPS) is 17.8. The average molecular weight is 178 g/mol. The molecule has 0 amide bonds. The molecule has 1 heterocycles. The molecular formula is C11H18N2. The van der Waals surface area contributed by atoms with Crippen molar-refractivity contribution in [1.29, 1.82) is 0 Å². The Kier molecular flexibility index (Phi) is 1.76. The second-order valence-corrected chi connectivity index (χ2v) is 5.10. The lowest BCUT2D eigenvalue weighted by molar-refractivity contribution is 0.518. The van der Waals surface area contributed by atoms with E-state index in [9.17, 15) is 0 Å². The van der Waals surface area contributed by atoms with Crippen LogP contribution in [0.1, 0.15) is 50.8 Å². The standard InChI is InChI=1S/C11H18N2/c1-11(2,3)10-9(8-5-6-8)7-12-13(10)4/h7-8H,5-6H2,1-4H3. The first-order valence-corrected chi connectivity index (χ1v) is 5.02. The van der Waals surface area contributed by atoms with Gasteiger partial charge in [0.05, 0.1) is 6.20 Å². The molecule has 1 aromatic heterocycles. The van der Waals surface area contributed by atoms with Crippen molar-refractivity contribution in [3.05, 3.63) is 17.5 Å². The molecule has 0 aromatic carbocycles. The fraction of sp³-hybridized carbons (Fsp3) is 0.727. The number of nitrogens with zero attached hydrogens (tertiary/aromatic N) is 2. The zero-order valence-electron chi connectivity index (χ0n) is 8.96. The van der Waals surface area contributed by atoms with E-state index in [0.717, 1.165) is 5.92 Å². The van der Waals surface area contributed by atoms with Crippen LogP contribution in [0, 0.1) is 0 Å². The molecule has 2 nitrogen and oxygen atoms in total. The van der Waals surface area contributed by atoms with Gasteiger partial charge in [-0.05, 0) is 24.3 Å². The van der Waals surface area contributed by atoms with Crippen LogP contribution in [-0.4, -0.2) is 9.78 Å². The molecule has 2 heteroatoms. The lowest BCUT2D eigenvalue weighted by Crippen LogP contribution is -2.18. The van der Waals surface area contributed by atoms with E-state index in [2.05, 4.69) is 32.1 Å². The smallest absolute Gasteiger partial charge is 0.0527 e. The van der Waals surface area contributed by atoms with Gasteiger partial charge in [0.2, 0.25) is 0 Å². The second-order valence-electron chi connectivity index (χ2n) is 5.10. The fourth-order valence-electron chi connectivity index (χ4n) is 2.07. The van der Waals surface area contributed by atoms with Gasteiger partial charge in [-0.15, -0.1) is 0 Å². The first kappa shape index (κ1) is 8.79. The first-order valence-electron chi connectivity index (χ1n) is 5.02. The molecule has 0 spiro atoms. The maximum atomic E-state index is 4.36. The minimum atomic E-state index is 0.225. The van der Waals surface area contributed by atoms with Crippen molar-refractivity contribution >= 4 is 0 Å². The highest BCUT2D eigenvalue weighted by Gasteiger charge is 2.32. The molecule has 13 heavy (non-hydrogen) atoms. The van der Waals surface area contributed by atoms with Crippen LogP contribution in [0.5, 0.6) is 0 Å². The van der Waals surface area contributed by atoms with Gasteiger partial charge in [-0.1, -0.05) is 20.8 Å². The minimum Gasteiger partial charge on any atom is -0.272 e. The summed E-state index contributed by atoms with van der Waals surface area (Å²) in [6, 6.07) is 0. The number of hydrogen-bond donors (Lipinski definition) is 0. The van der Waals surface area contributed by atoms with Gasteiger partial charge in [0.1, 0.15) is 0 Å². The van der Waals surface area contributed by atoms with Crippen molar-refractivity contribution in [2.75, 3.05) is 0 Å². The molecule has 0 atom stereocenters. The van der Waals surface area contributed by atoms with Gasteiger partial charge in [0.15, 0.2) is 0 Å². The lowest BCUT2D eigenvalue weighted by atomic mass is 9.88. The third kappa shape index (κ3) is 1.50. The van der Waals surface area contributed by atoms with Crippen molar-refractivity contribution in [1.82, 2.24) is 9.78 Å². The Hall–Kier alpha value is -0.790. The van der Waals surface area contributed by atoms with Crippen LogP contribution in [0.3, 0.4) is 0 Å². The Balaban J connectivity index is 2.46. The summed E-state index contributed by atoms with van der Waals surface area (Å²) < 4.78 is 2.04. The van der Waals surface area contributed by atoms with Crippen molar-refractivity contribution in [2.24, 2.45) is 7.05 Å². The fourth-order valence-corrected chi connectivity index (χ4v) is 2.07. The van der Waals surface area contributed by atoms with Crippen LogP contribution >= 0.6 is 0 Å². The maximum Gasteiger partial charge on any atom is 0.0527 e. The third-order valence-electron chi connectivity index (χ3n) is 2.69. The van der Waals surface area contributed by atoms with Crippen LogP contribution in [-0.2, 0) is 12.5 Å². The Labute approximate surface area is 80.0 Å². The molecule has 1 aliphatic carbocycles. The van der Waals surface area contributed by atoms with Crippen LogP contribution < -0.4 is 0 Å². The van der Waals surface area contributed by atoms with E-state index in [1.807, 2.05) is 11.7 Å². The second kappa shape index (κ2) is 2.60. The molecule has 0 aliphatic heterocycles. The summed E-state index contributed by atoms with van der Waals surface area (Å²) in [5, 5.41) is 4.36. The van der Waals surface area contributed by atoms with Gasteiger partial charge in [-0.3, -0.25) is 4.68 Å². The summed E-state index contributed by atoms with van der Waals surface area (Å²) >= 11 is 0. The highest BCUT2D eigenvalue weighted by molar-refractivity contribution is 5.31. The number of aromatic nitrogens is 2. The van der Waals surface area contributed by atoms with Crippen molar-refractivity contribution in [3.63, 3.8) is 0 Å². The monoisotopic (exact) mass is 178 g/mol. The predicted molar refractivity (Wildman–Crippen MR) is 53.9 cm³/mol. The Morgan fingerprint density at radius 1 is 1.38 bits per heavy atom. The molecule has 1 aromatic rings. The Bertz CT molecular complexity index is 313. The summed E-state index contributed by atoms with van der Waals surface area (Å²) in [4.78, 5) is 0.